The summed E-state index contributed by atoms with van der Waals surface area (Å²) in [5.74, 6) is -0.373. The van der Waals surface area contributed by atoms with Crippen LogP contribution in [0.2, 0.25) is 0 Å². The van der Waals surface area contributed by atoms with Crippen molar-refractivity contribution in [3.05, 3.63) is 53.6 Å². The van der Waals surface area contributed by atoms with Crippen LogP contribution in [0.15, 0.2) is 42.5 Å². The lowest BCUT2D eigenvalue weighted by Gasteiger charge is -2.26. The first-order valence-corrected chi connectivity index (χ1v) is 13.1. The summed E-state index contributed by atoms with van der Waals surface area (Å²) in [5.41, 5.74) is 8.06. The van der Waals surface area contributed by atoms with Crippen LogP contribution in [0, 0.1) is 0 Å². The fraction of sp³-hybridized carbons (Fsp3) is 0.458. The number of nitrogens with one attached hydrogen (secondary N) is 1. The average molecular weight is 491 g/mol. The van der Waals surface area contributed by atoms with Crippen molar-refractivity contribution in [2.24, 2.45) is 5.73 Å². The van der Waals surface area contributed by atoms with E-state index in [9.17, 15) is 13.2 Å². The molecule has 184 valence electrons. The van der Waals surface area contributed by atoms with Crippen LogP contribution in [0.25, 0.3) is 0 Å². The standard InChI is InChI=1S/C24H30N2O7S/c1-24(32-12-13-33-24)21-7-2-17(23(25)27)16-22(21)26-18-3-5-19(6-4-18)30-10-11-31-20-8-14-34(28,29)15-9-20/h2-7,16,20,26H,8-15H2,1H3,(H2,25,27). The molecule has 0 aromatic heterocycles. The number of sulfone groups is 1. The number of rotatable bonds is 9. The molecule has 2 heterocycles. The summed E-state index contributed by atoms with van der Waals surface area (Å²) in [7, 11) is -2.89. The normalized spacial score (nSPS) is 19.6. The fourth-order valence-corrected chi connectivity index (χ4v) is 5.51. The first-order valence-electron chi connectivity index (χ1n) is 11.3. The Hall–Kier alpha value is -2.66. The molecule has 2 saturated heterocycles. The largest absolute Gasteiger partial charge is 0.491 e. The molecular formula is C24H30N2O7S. The molecule has 0 spiro atoms. The van der Waals surface area contributed by atoms with Crippen LogP contribution in [0.5, 0.6) is 5.75 Å². The maximum Gasteiger partial charge on any atom is 0.248 e. The molecule has 0 radical (unpaired) electrons. The van der Waals surface area contributed by atoms with E-state index in [0.717, 1.165) is 11.3 Å². The molecule has 3 N–H and O–H groups in total. The molecular weight excluding hydrogens is 460 g/mol. The minimum Gasteiger partial charge on any atom is -0.491 e. The van der Waals surface area contributed by atoms with Crippen LogP contribution in [0.3, 0.4) is 0 Å². The summed E-state index contributed by atoms with van der Waals surface area (Å²) in [6.07, 6.45) is 1.05. The minimum absolute atomic E-state index is 0.0289. The van der Waals surface area contributed by atoms with Crippen molar-refractivity contribution in [2.45, 2.75) is 31.7 Å². The third kappa shape index (κ3) is 6.06. The molecule has 0 atom stereocenters. The number of hydrogen-bond acceptors (Lipinski definition) is 8. The van der Waals surface area contributed by atoms with Crippen LogP contribution in [0.1, 0.15) is 35.7 Å². The summed E-state index contributed by atoms with van der Waals surface area (Å²) in [4.78, 5) is 11.7. The summed E-state index contributed by atoms with van der Waals surface area (Å²) in [6.45, 7) is 3.59. The van der Waals surface area contributed by atoms with E-state index in [1.807, 2.05) is 31.2 Å². The topological polar surface area (TPSA) is 126 Å². The molecule has 2 aromatic carbocycles. The third-order valence-corrected chi connectivity index (χ3v) is 7.69. The zero-order chi connectivity index (χ0) is 24.2. The molecule has 34 heavy (non-hydrogen) atoms. The van der Waals surface area contributed by atoms with Gasteiger partial charge in [-0.3, -0.25) is 4.79 Å². The molecule has 10 heteroatoms. The van der Waals surface area contributed by atoms with E-state index in [1.165, 1.54) is 0 Å². The fourth-order valence-electron chi connectivity index (χ4n) is 4.07. The molecule has 0 aliphatic carbocycles. The van der Waals surface area contributed by atoms with Crippen LogP contribution in [0.4, 0.5) is 11.4 Å². The van der Waals surface area contributed by atoms with Crippen molar-refractivity contribution in [3.8, 4) is 5.75 Å². The molecule has 2 aliphatic rings. The summed E-state index contributed by atoms with van der Waals surface area (Å²) in [6, 6.07) is 12.5. The Kier molecular flexibility index (Phi) is 7.42. The quantitative estimate of drug-likeness (QED) is 0.514. The molecule has 9 nitrogen and oxygen atoms in total. The number of nitrogens with two attached hydrogens (primary N) is 1. The highest BCUT2D eigenvalue weighted by Gasteiger charge is 2.35. The van der Waals surface area contributed by atoms with Crippen LogP contribution < -0.4 is 15.8 Å². The summed E-state index contributed by atoms with van der Waals surface area (Å²) >= 11 is 0. The van der Waals surface area contributed by atoms with Gasteiger partial charge in [0.15, 0.2) is 15.6 Å². The number of carbonyl (C=O) groups excluding carboxylic acids is 1. The second kappa shape index (κ2) is 10.3. The Bertz CT molecular complexity index is 1100. The number of anilines is 2. The van der Waals surface area contributed by atoms with E-state index in [4.69, 9.17) is 24.7 Å². The molecule has 1 amide bonds. The third-order valence-electron chi connectivity index (χ3n) is 5.97. The van der Waals surface area contributed by atoms with Crippen molar-refractivity contribution < 1.29 is 32.2 Å². The maximum atomic E-state index is 11.7. The molecule has 0 bridgehead atoms. The summed E-state index contributed by atoms with van der Waals surface area (Å²) < 4.78 is 46.0. The van der Waals surface area contributed by atoms with Gasteiger partial charge in [0.2, 0.25) is 5.91 Å². The first-order chi connectivity index (χ1) is 16.2. The Morgan fingerprint density at radius 2 is 1.76 bits per heavy atom. The minimum atomic E-state index is -2.89. The van der Waals surface area contributed by atoms with E-state index in [2.05, 4.69) is 5.32 Å². The predicted molar refractivity (Wildman–Crippen MR) is 127 cm³/mol. The molecule has 2 fully saturated rings. The van der Waals surface area contributed by atoms with E-state index in [1.54, 1.807) is 18.2 Å². The smallest absolute Gasteiger partial charge is 0.248 e. The van der Waals surface area contributed by atoms with E-state index < -0.39 is 21.5 Å². The van der Waals surface area contributed by atoms with E-state index in [-0.39, 0.29) is 17.6 Å². The van der Waals surface area contributed by atoms with Gasteiger partial charge in [0, 0.05) is 22.5 Å². The van der Waals surface area contributed by atoms with Gasteiger partial charge in [0.1, 0.15) is 12.4 Å². The molecule has 0 unspecified atom stereocenters. The van der Waals surface area contributed by atoms with Crippen LogP contribution in [-0.2, 0) is 29.8 Å². The molecule has 2 aliphatic heterocycles. The number of amides is 1. The number of primary amides is 1. The van der Waals surface area contributed by atoms with Gasteiger partial charge in [-0.1, -0.05) is 6.07 Å². The Morgan fingerprint density at radius 3 is 2.41 bits per heavy atom. The van der Waals surface area contributed by atoms with Gasteiger partial charge in [-0.05, 0) is 56.2 Å². The highest BCUT2D eigenvalue weighted by atomic mass is 32.2. The van der Waals surface area contributed by atoms with Crippen molar-refractivity contribution in [3.63, 3.8) is 0 Å². The lowest BCUT2D eigenvalue weighted by molar-refractivity contribution is -0.149. The zero-order valence-electron chi connectivity index (χ0n) is 19.1. The highest BCUT2D eigenvalue weighted by molar-refractivity contribution is 7.91. The van der Waals surface area contributed by atoms with Crippen LogP contribution in [-0.4, -0.2) is 58.4 Å². The lowest BCUT2D eigenvalue weighted by Crippen LogP contribution is -2.29. The highest BCUT2D eigenvalue weighted by Crippen LogP contribution is 2.37. The van der Waals surface area contributed by atoms with Gasteiger partial charge in [-0.25, -0.2) is 8.42 Å². The molecule has 4 rings (SSSR count). The van der Waals surface area contributed by atoms with Crippen molar-refractivity contribution in [2.75, 3.05) is 43.3 Å². The van der Waals surface area contributed by atoms with Gasteiger partial charge < -0.3 is 30.0 Å². The zero-order valence-corrected chi connectivity index (χ0v) is 19.9. The predicted octanol–water partition coefficient (Wildman–Crippen LogP) is 2.72. The number of carbonyl (C=O) groups is 1. The van der Waals surface area contributed by atoms with Crippen molar-refractivity contribution >= 4 is 27.1 Å². The average Bonchev–Trinajstić information content (AvgIpc) is 3.26. The van der Waals surface area contributed by atoms with E-state index in [0.29, 0.717) is 56.3 Å². The summed E-state index contributed by atoms with van der Waals surface area (Å²) in [5, 5.41) is 3.32. The van der Waals surface area contributed by atoms with Gasteiger partial charge in [0.05, 0.1) is 37.4 Å². The number of ether oxygens (including phenoxy) is 4. The SMILES string of the molecule is CC1(c2ccc(C(N)=O)cc2Nc2ccc(OCCOC3CCS(=O)(=O)CC3)cc2)OCCO1. The van der Waals surface area contributed by atoms with Gasteiger partial charge in [-0.2, -0.15) is 0 Å². The monoisotopic (exact) mass is 490 g/mol. The van der Waals surface area contributed by atoms with Gasteiger partial charge in [-0.15, -0.1) is 0 Å². The number of hydrogen-bond donors (Lipinski definition) is 2. The van der Waals surface area contributed by atoms with E-state index >= 15 is 0 Å². The first kappa shape index (κ1) is 24.5. The Balaban J connectivity index is 1.34. The van der Waals surface area contributed by atoms with Crippen molar-refractivity contribution in [1.29, 1.82) is 0 Å². The van der Waals surface area contributed by atoms with Gasteiger partial charge in [0.25, 0.3) is 0 Å². The molecule has 2 aromatic rings. The van der Waals surface area contributed by atoms with Crippen LogP contribution >= 0.6 is 0 Å². The number of benzene rings is 2. The molecule has 0 saturated carbocycles. The van der Waals surface area contributed by atoms with Gasteiger partial charge >= 0.3 is 0 Å². The second-order valence-electron chi connectivity index (χ2n) is 8.49. The lowest BCUT2D eigenvalue weighted by atomic mass is 10.0. The Morgan fingerprint density at radius 1 is 1.09 bits per heavy atom. The second-order valence-corrected chi connectivity index (χ2v) is 10.8. The maximum absolute atomic E-state index is 11.7. The Labute approximate surface area is 199 Å². The van der Waals surface area contributed by atoms with Crippen molar-refractivity contribution in [1.82, 2.24) is 0 Å².